The van der Waals surface area contributed by atoms with Crippen molar-refractivity contribution in [2.24, 2.45) is 0 Å². The number of nitrogens with one attached hydrogen (secondary N) is 2. The topological polar surface area (TPSA) is 78.4 Å². The average molecular weight is 198 g/mol. The zero-order valence-electron chi connectivity index (χ0n) is 8.04. The summed E-state index contributed by atoms with van der Waals surface area (Å²) in [4.78, 5) is 21.7. The van der Waals surface area contributed by atoms with Crippen LogP contribution in [-0.2, 0) is 9.59 Å². The molecule has 0 saturated carbocycles. The molecule has 1 atom stereocenters. The number of terminal acetylenes is 1. The van der Waals surface area contributed by atoms with E-state index in [0.29, 0.717) is 6.54 Å². The van der Waals surface area contributed by atoms with Gasteiger partial charge in [-0.3, -0.25) is 4.79 Å². The molecule has 5 nitrogen and oxygen atoms in total. The molecule has 0 aliphatic carbocycles. The maximum Gasteiger partial charge on any atom is 0.327 e. The number of carbonyl (C=O) groups excluding carboxylic acids is 1. The van der Waals surface area contributed by atoms with Gasteiger partial charge in [0.1, 0.15) is 6.04 Å². The summed E-state index contributed by atoms with van der Waals surface area (Å²) in [5.41, 5.74) is 0. The van der Waals surface area contributed by atoms with Gasteiger partial charge < -0.3 is 15.7 Å². The summed E-state index contributed by atoms with van der Waals surface area (Å²) in [6.45, 7) is 0.508. The molecular weight excluding hydrogens is 184 g/mol. The minimum atomic E-state index is -1.11. The summed E-state index contributed by atoms with van der Waals surface area (Å²) >= 11 is 0. The molecule has 0 aliphatic rings. The van der Waals surface area contributed by atoms with Crippen LogP contribution in [0.1, 0.15) is 12.8 Å². The first-order valence-electron chi connectivity index (χ1n) is 4.22. The van der Waals surface area contributed by atoms with Gasteiger partial charge >= 0.3 is 5.97 Å². The average Bonchev–Trinajstić information content (AvgIpc) is 2.14. The number of carboxylic acid groups (broad SMARTS) is 1. The molecule has 0 heterocycles. The van der Waals surface area contributed by atoms with Crippen molar-refractivity contribution < 1.29 is 14.7 Å². The molecule has 0 bridgehead atoms. The Labute approximate surface area is 82.9 Å². The number of amides is 1. The predicted octanol–water partition coefficient (Wildman–Crippen LogP) is -0.811. The van der Waals surface area contributed by atoms with E-state index >= 15 is 0 Å². The van der Waals surface area contributed by atoms with E-state index in [-0.39, 0.29) is 18.7 Å². The van der Waals surface area contributed by atoms with Crippen LogP contribution < -0.4 is 10.6 Å². The fourth-order valence-electron chi connectivity index (χ4n) is 0.823. The first kappa shape index (κ1) is 12.5. The Morgan fingerprint density at radius 3 is 2.64 bits per heavy atom. The molecule has 14 heavy (non-hydrogen) atoms. The first-order chi connectivity index (χ1) is 6.61. The molecular formula is C9H14N2O3. The lowest BCUT2D eigenvalue weighted by atomic mass is 10.2. The molecule has 0 saturated heterocycles. The standard InChI is InChI=1S/C9H14N2O3/c1-3-4-7(9(13)14)11-8(12)5-6-10-2/h1,7,10H,4-6H2,2H3,(H,11,12)(H,13,14). The molecule has 0 aromatic heterocycles. The van der Waals surface area contributed by atoms with Crippen LogP contribution in [0.25, 0.3) is 0 Å². The van der Waals surface area contributed by atoms with E-state index in [0.717, 1.165) is 0 Å². The van der Waals surface area contributed by atoms with E-state index in [1.165, 1.54) is 0 Å². The van der Waals surface area contributed by atoms with Crippen LogP contribution in [0.3, 0.4) is 0 Å². The van der Waals surface area contributed by atoms with E-state index in [9.17, 15) is 9.59 Å². The van der Waals surface area contributed by atoms with Gasteiger partial charge in [0.25, 0.3) is 0 Å². The predicted molar refractivity (Wildman–Crippen MR) is 51.6 cm³/mol. The largest absolute Gasteiger partial charge is 0.480 e. The molecule has 0 rings (SSSR count). The highest BCUT2D eigenvalue weighted by Gasteiger charge is 2.17. The van der Waals surface area contributed by atoms with E-state index in [1.807, 2.05) is 0 Å². The van der Waals surface area contributed by atoms with Crippen LogP contribution in [0.4, 0.5) is 0 Å². The van der Waals surface area contributed by atoms with Gasteiger partial charge in [-0.05, 0) is 7.05 Å². The van der Waals surface area contributed by atoms with E-state index in [2.05, 4.69) is 16.6 Å². The lowest BCUT2D eigenvalue weighted by molar-refractivity contribution is -0.141. The Kier molecular flexibility index (Phi) is 6.16. The van der Waals surface area contributed by atoms with Crippen molar-refractivity contribution in [3.8, 4) is 12.3 Å². The van der Waals surface area contributed by atoms with Crippen LogP contribution in [0.15, 0.2) is 0 Å². The molecule has 0 aromatic rings. The number of carbonyl (C=O) groups is 2. The second-order valence-electron chi connectivity index (χ2n) is 2.72. The normalized spacial score (nSPS) is 11.4. The van der Waals surface area contributed by atoms with E-state index < -0.39 is 12.0 Å². The van der Waals surface area contributed by atoms with Crippen LogP contribution in [0, 0.1) is 12.3 Å². The van der Waals surface area contributed by atoms with Gasteiger partial charge in [-0.25, -0.2) is 4.79 Å². The molecule has 1 unspecified atom stereocenters. The van der Waals surface area contributed by atoms with Crippen LogP contribution in [0.2, 0.25) is 0 Å². The number of hydrogen-bond acceptors (Lipinski definition) is 3. The maximum absolute atomic E-state index is 11.1. The van der Waals surface area contributed by atoms with Crippen LogP contribution >= 0.6 is 0 Å². The summed E-state index contributed by atoms with van der Waals surface area (Å²) in [6, 6.07) is -0.982. The summed E-state index contributed by atoms with van der Waals surface area (Å²) in [7, 11) is 1.71. The number of carboxylic acids is 1. The minimum absolute atomic E-state index is 0.000622. The zero-order valence-corrected chi connectivity index (χ0v) is 8.04. The third-order valence-corrected chi connectivity index (χ3v) is 1.56. The summed E-state index contributed by atoms with van der Waals surface area (Å²) in [5.74, 6) is 0.771. The summed E-state index contributed by atoms with van der Waals surface area (Å²) < 4.78 is 0. The Morgan fingerprint density at radius 2 is 2.21 bits per heavy atom. The Hall–Kier alpha value is -1.54. The minimum Gasteiger partial charge on any atom is -0.480 e. The highest BCUT2D eigenvalue weighted by atomic mass is 16.4. The van der Waals surface area contributed by atoms with Crippen molar-refractivity contribution in [1.29, 1.82) is 0 Å². The molecule has 0 spiro atoms. The summed E-state index contributed by atoms with van der Waals surface area (Å²) in [6.07, 6.45) is 5.21. The van der Waals surface area contributed by atoms with Gasteiger partial charge in [-0.1, -0.05) is 0 Å². The molecule has 0 radical (unpaired) electrons. The smallest absolute Gasteiger partial charge is 0.327 e. The van der Waals surface area contributed by atoms with Crippen LogP contribution in [-0.4, -0.2) is 36.6 Å². The SMILES string of the molecule is C#CCC(NC(=O)CCNC)C(=O)O. The quantitative estimate of drug-likeness (QED) is 0.488. The van der Waals surface area contributed by atoms with Gasteiger partial charge in [0.2, 0.25) is 5.91 Å². The number of aliphatic carboxylic acids is 1. The number of hydrogen-bond donors (Lipinski definition) is 3. The second-order valence-corrected chi connectivity index (χ2v) is 2.72. The van der Waals surface area contributed by atoms with Crippen molar-refractivity contribution in [3.05, 3.63) is 0 Å². The second kappa shape index (κ2) is 6.92. The lowest BCUT2D eigenvalue weighted by Gasteiger charge is -2.11. The van der Waals surface area contributed by atoms with Crippen molar-refractivity contribution >= 4 is 11.9 Å². The third-order valence-electron chi connectivity index (χ3n) is 1.56. The maximum atomic E-state index is 11.1. The van der Waals surface area contributed by atoms with Crippen molar-refractivity contribution in [2.75, 3.05) is 13.6 Å². The van der Waals surface area contributed by atoms with Gasteiger partial charge in [0.15, 0.2) is 0 Å². The molecule has 0 fully saturated rings. The fraction of sp³-hybridized carbons (Fsp3) is 0.556. The zero-order chi connectivity index (χ0) is 11.0. The van der Waals surface area contributed by atoms with E-state index in [1.54, 1.807) is 7.05 Å². The molecule has 78 valence electrons. The Balaban J connectivity index is 3.97. The third kappa shape index (κ3) is 5.17. The molecule has 3 N–H and O–H groups in total. The monoisotopic (exact) mass is 198 g/mol. The number of rotatable bonds is 6. The highest BCUT2D eigenvalue weighted by molar-refractivity contribution is 5.83. The van der Waals surface area contributed by atoms with Crippen LogP contribution in [0.5, 0.6) is 0 Å². The Bertz CT molecular complexity index is 245. The molecule has 0 aliphatic heterocycles. The first-order valence-corrected chi connectivity index (χ1v) is 4.22. The van der Waals surface area contributed by atoms with Gasteiger partial charge in [0, 0.05) is 19.4 Å². The highest BCUT2D eigenvalue weighted by Crippen LogP contribution is 1.91. The molecule has 0 aromatic carbocycles. The fourth-order valence-corrected chi connectivity index (χ4v) is 0.823. The van der Waals surface area contributed by atoms with Gasteiger partial charge in [-0.2, -0.15) is 0 Å². The van der Waals surface area contributed by atoms with Gasteiger partial charge in [0.05, 0.1) is 0 Å². The van der Waals surface area contributed by atoms with Crippen molar-refractivity contribution in [2.45, 2.75) is 18.9 Å². The van der Waals surface area contributed by atoms with Gasteiger partial charge in [-0.15, -0.1) is 12.3 Å². The Morgan fingerprint density at radius 1 is 1.57 bits per heavy atom. The van der Waals surface area contributed by atoms with Crippen molar-refractivity contribution in [1.82, 2.24) is 10.6 Å². The summed E-state index contributed by atoms with van der Waals surface area (Å²) in [5, 5.41) is 13.8. The molecule has 5 heteroatoms. The molecule has 1 amide bonds. The van der Waals surface area contributed by atoms with E-state index in [4.69, 9.17) is 11.5 Å². The van der Waals surface area contributed by atoms with Crippen molar-refractivity contribution in [3.63, 3.8) is 0 Å². The lowest BCUT2D eigenvalue weighted by Crippen LogP contribution is -2.41.